The van der Waals surface area contributed by atoms with E-state index in [1.165, 1.54) is 5.56 Å². The Hall–Kier alpha value is -0.820. The molecule has 1 nitrogen and oxygen atoms in total. The monoisotopic (exact) mass is 238 g/mol. The molecule has 1 aromatic carbocycles. The van der Waals surface area contributed by atoms with Crippen molar-refractivity contribution in [2.24, 2.45) is 0 Å². The Bertz CT molecular complexity index is 329. The summed E-state index contributed by atoms with van der Waals surface area (Å²) in [7, 11) is 0. The highest BCUT2D eigenvalue weighted by Crippen LogP contribution is 2.26. The van der Waals surface area contributed by atoms with Crippen LogP contribution < -0.4 is 0 Å². The SMILES string of the molecule is CCC(=O)CCC(CC)c1ccc(Cl)cc1. The van der Waals surface area contributed by atoms with E-state index >= 15 is 0 Å². The Morgan fingerprint density at radius 1 is 1.25 bits per heavy atom. The minimum atomic E-state index is 0.354. The lowest BCUT2D eigenvalue weighted by Gasteiger charge is -2.14. The number of hydrogen-bond donors (Lipinski definition) is 0. The maximum atomic E-state index is 11.3. The molecule has 2 heteroatoms. The zero-order chi connectivity index (χ0) is 12.0. The topological polar surface area (TPSA) is 17.1 Å². The number of benzene rings is 1. The van der Waals surface area contributed by atoms with E-state index in [-0.39, 0.29) is 0 Å². The zero-order valence-corrected chi connectivity index (χ0v) is 10.8. The van der Waals surface area contributed by atoms with E-state index in [0.717, 1.165) is 17.9 Å². The summed E-state index contributed by atoms with van der Waals surface area (Å²) < 4.78 is 0. The summed E-state index contributed by atoms with van der Waals surface area (Å²) in [4.78, 5) is 11.3. The summed E-state index contributed by atoms with van der Waals surface area (Å²) in [6.45, 7) is 4.08. The molecule has 88 valence electrons. The summed E-state index contributed by atoms with van der Waals surface area (Å²) in [6.07, 6.45) is 3.36. The molecular weight excluding hydrogens is 220 g/mol. The van der Waals surface area contributed by atoms with Crippen LogP contribution in [0.2, 0.25) is 5.02 Å². The van der Waals surface area contributed by atoms with Crippen LogP contribution in [-0.4, -0.2) is 5.78 Å². The molecule has 0 radical (unpaired) electrons. The van der Waals surface area contributed by atoms with Gasteiger partial charge in [0.2, 0.25) is 0 Å². The van der Waals surface area contributed by atoms with E-state index in [9.17, 15) is 4.79 Å². The standard InChI is InChI=1S/C14H19ClO/c1-3-11(7-10-14(16)4-2)12-5-8-13(15)9-6-12/h5-6,8-9,11H,3-4,7,10H2,1-2H3. The van der Waals surface area contributed by atoms with E-state index in [4.69, 9.17) is 11.6 Å². The van der Waals surface area contributed by atoms with E-state index in [1.807, 2.05) is 19.1 Å². The molecule has 0 aromatic heterocycles. The van der Waals surface area contributed by atoms with Gasteiger partial charge in [0.25, 0.3) is 0 Å². The fraction of sp³-hybridized carbons (Fsp3) is 0.500. The molecule has 1 rings (SSSR count). The van der Waals surface area contributed by atoms with Gasteiger partial charge in [-0.05, 0) is 36.5 Å². The Morgan fingerprint density at radius 3 is 2.38 bits per heavy atom. The summed E-state index contributed by atoms with van der Waals surface area (Å²) in [5, 5.41) is 0.767. The van der Waals surface area contributed by atoms with Gasteiger partial charge < -0.3 is 0 Å². The molecular formula is C14H19ClO. The highest BCUT2D eigenvalue weighted by Gasteiger charge is 2.10. The number of hydrogen-bond acceptors (Lipinski definition) is 1. The first-order chi connectivity index (χ1) is 7.67. The molecule has 1 atom stereocenters. The molecule has 0 amide bonds. The maximum Gasteiger partial charge on any atom is 0.132 e. The van der Waals surface area contributed by atoms with Crippen molar-refractivity contribution in [3.63, 3.8) is 0 Å². The predicted molar refractivity (Wildman–Crippen MR) is 69.0 cm³/mol. The third kappa shape index (κ3) is 3.97. The number of carbonyl (C=O) groups is 1. The lowest BCUT2D eigenvalue weighted by Crippen LogP contribution is -2.02. The molecule has 0 aliphatic heterocycles. The number of Topliss-reactive ketones (excluding diaryl/α,β-unsaturated/α-hetero) is 1. The third-order valence-electron chi connectivity index (χ3n) is 3.00. The van der Waals surface area contributed by atoms with Crippen LogP contribution in [0.15, 0.2) is 24.3 Å². The smallest absolute Gasteiger partial charge is 0.132 e. The highest BCUT2D eigenvalue weighted by molar-refractivity contribution is 6.30. The largest absolute Gasteiger partial charge is 0.300 e. The molecule has 1 aromatic rings. The van der Waals surface area contributed by atoms with Gasteiger partial charge in [0.1, 0.15) is 5.78 Å². The van der Waals surface area contributed by atoms with Gasteiger partial charge >= 0.3 is 0 Å². The van der Waals surface area contributed by atoms with Crippen molar-refractivity contribution in [3.8, 4) is 0 Å². The lowest BCUT2D eigenvalue weighted by molar-refractivity contribution is -0.118. The maximum absolute atomic E-state index is 11.3. The second kappa shape index (κ2) is 6.70. The van der Waals surface area contributed by atoms with Gasteiger partial charge in [-0.1, -0.05) is 37.6 Å². The molecule has 0 saturated heterocycles. The third-order valence-corrected chi connectivity index (χ3v) is 3.25. The van der Waals surface area contributed by atoms with Gasteiger partial charge in [-0.2, -0.15) is 0 Å². The lowest BCUT2D eigenvalue weighted by atomic mass is 9.91. The quantitative estimate of drug-likeness (QED) is 0.708. The fourth-order valence-electron chi connectivity index (χ4n) is 1.85. The Kier molecular flexibility index (Phi) is 5.54. The fourth-order valence-corrected chi connectivity index (χ4v) is 1.98. The van der Waals surface area contributed by atoms with Gasteiger partial charge in [-0.15, -0.1) is 0 Å². The van der Waals surface area contributed by atoms with E-state index < -0.39 is 0 Å². The van der Waals surface area contributed by atoms with E-state index in [1.54, 1.807) is 0 Å². The summed E-state index contributed by atoms with van der Waals surface area (Å²) in [6, 6.07) is 7.96. The summed E-state index contributed by atoms with van der Waals surface area (Å²) in [5.74, 6) is 0.834. The molecule has 0 aliphatic carbocycles. The molecule has 0 saturated carbocycles. The number of ketones is 1. The van der Waals surface area contributed by atoms with Crippen molar-refractivity contribution in [1.82, 2.24) is 0 Å². The van der Waals surface area contributed by atoms with Crippen molar-refractivity contribution < 1.29 is 4.79 Å². The first kappa shape index (κ1) is 13.2. The first-order valence-electron chi connectivity index (χ1n) is 5.94. The molecule has 0 bridgehead atoms. The van der Waals surface area contributed by atoms with Crippen LogP contribution in [0.3, 0.4) is 0 Å². The molecule has 0 aliphatic rings. The Balaban J connectivity index is 2.60. The van der Waals surface area contributed by atoms with Gasteiger partial charge in [0.15, 0.2) is 0 Å². The van der Waals surface area contributed by atoms with Crippen LogP contribution in [0.1, 0.15) is 51.0 Å². The molecule has 0 N–H and O–H groups in total. The predicted octanol–water partition coefficient (Wildman–Crippen LogP) is 4.59. The van der Waals surface area contributed by atoms with Crippen LogP contribution in [0.5, 0.6) is 0 Å². The highest BCUT2D eigenvalue weighted by atomic mass is 35.5. The van der Waals surface area contributed by atoms with Crippen LogP contribution in [0, 0.1) is 0 Å². The first-order valence-corrected chi connectivity index (χ1v) is 6.32. The van der Waals surface area contributed by atoms with Crippen molar-refractivity contribution in [2.75, 3.05) is 0 Å². The Labute approximate surface area is 103 Å². The molecule has 16 heavy (non-hydrogen) atoms. The molecule has 0 fully saturated rings. The van der Waals surface area contributed by atoms with Gasteiger partial charge in [-0.3, -0.25) is 4.79 Å². The van der Waals surface area contributed by atoms with Gasteiger partial charge in [0, 0.05) is 17.9 Å². The van der Waals surface area contributed by atoms with E-state index in [0.29, 0.717) is 24.5 Å². The average Bonchev–Trinajstić information content (AvgIpc) is 2.31. The number of rotatable bonds is 6. The summed E-state index contributed by atoms with van der Waals surface area (Å²) in [5.41, 5.74) is 1.29. The molecule has 0 spiro atoms. The minimum absolute atomic E-state index is 0.354. The van der Waals surface area contributed by atoms with Crippen molar-refractivity contribution in [2.45, 2.75) is 45.4 Å². The van der Waals surface area contributed by atoms with Crippen LogP contribution in [0.25, 0.3) is 0 Å². The number of halogens is 1. The van der Waals surface area contributed by atoms with Crippen LogP contribution >= 0.6 is 11.6 Å². The van der Waals surface area contributed by atoms with Gasteiger partial charge in [0.05, 0.1) is 0 Å². The normalized spacial score (nSPS) is 12.4. The average molecular weight is 239 g/mol. The van der Waals surface area contributed by atoms with E-state index in [2.05, 4.69) is 19.1 Å². The van der Waals surface area contributed by atoms with Crippen LogP contribution in [0.4, 0.5) is 0 Å². The molecule has 0 heterocycles. The minimum Gasteiger partial charge on any atom is -0.300 e. The molecule has 1 unspecified atom stereocenters. The van der Waals surface area contributed by atoms with Gasteiger partial charge in [-0.25, -0.2) is 0 Å². The summed E-state index contributed by atoms with van der Waals surface area (Å²) >= 11 is 5.86. The Morgan fingerprint density at radius 2 is 1.88 bits per heavy atom. The van der Waals surface area contributed by atoms with Crippen molar-refractivity contribution in [1.29, 1.82) is 0 Å². The second-order valence-electron chi connectivity index (χ2n) is 4.09. The zero-order valence-electron chi connectivity index (χ0n) is 10.0. The number of carbonyl (C=O) groups excluding carboxylic acids is 1. The van der Waals surface area contributed by atoms with Crippen LogP contribution in [-0.2, 0) is 4.79 Å². The second-order valence-corrected chi connectivity index (χ2v) is 4.52. The van der Waals surface area contributed by atoms with Crippen molar-refractivity contribution >= 4 is 17.4 Å². The van der Waals surface area contributed by atoms with Crippen molar-refractivity contribution in [3.05, 3.63) is 34.9 Å².